The van der Waals surface area contributed by atoms with Gasteiger partial charge in [0.25, 0.3) is 0 Å². The number of nitriles is 1. The maximum Gasteiger partial charge on any atom is 0.227 e. The molecule has 3 rings (SSSR count). The van der Waals surface area contributed by atoms with Gasteiger partial charge in [0.2, 0.25) is 11.8 Å². The Morgan fingerprint density at radius 2 is 2.00 bits per heavy atom. The van der Waals surface area contributed by atoms with Gasteiger partial charge in [-0.15, -0.1) is 11.3 Å². The van der Waals surface area contributed by atoms with E-state index in [0.29, 0.717) is 6.54 Å². The minimum Gasteiger partial charge on any atom is -0.339 e. The predicted octanol–water partition coefficient (Wildman–Crippen LogP) is 2.76. The lowest BCUT2D eigenvalue weighted by Crippen LogP contribution is -2.44. The summed E-state index contributed by atoms with van der Waals surface area (Å²) in [6.45, 7) is 2.39. The molecule has 0 saturated carbocycles. The lowest BCUT2D eigenvalue weighted by molar-refractivity contribution is -0.125. The molecule has 0 bridgehead atoms. The largest absolute Gasteiger partial charge is 0.339 e. The molecule has 1 aliphatic heterocycles. The van der Waals surface area contributed by atoms with Crippen molar-refractivity contribution in [3.8, 4) is 6.07 Å². The summed E-state index contributed by atoms with van der Waals surface area (Å²) in [7, 11) is 0. The number of amides is 2. The molecule has 1 aliphatic rings. The van der Waals surface area contributed by atoms with E-state index in [-0.39, 0.29) is 43.3 Å². The molecule has 0 radical (unpaired) electrons. The maximum absolute atomic E-state index is 12.6. The number of hydrazine groups is 1. The Morgan fingerprint density at radius 1 is 1.21 bits per heavy atom. The molecule has 2 atom stereocenters. The van der Waals surface area contributed by atoms with E-state index >= 15 is 0 Å². The minimum atomic E-state index is -0.172. The summed E-state index contributed by atoms with van der Waals surface area (Å²) in [6, 6.07) is 15.6. The summed E-state index contributed by atoms with van der Waals surface area (Å²) in [6.07, 6.45) is 1.02. The highest BCUT2D eigenvalue weighted by molar-refractivity contribution is 7.12. The first kappa shape index (κ1) is 21.0. The van der Waals surface area contributed by atoms with Crippen LogP contribution in [0.5, 0.6) is 0 Å². The average molecular weight is 412 g/mol. The molecule has 1 aromatic carbocycles. The number of thiophene rings is 1. The Kier molecular flexibility index (Phi) is 7.36. The number of hydrogen-bond acceptors (Lipinski definition) is 6. The summed E-state index contributed by atoms with van der Waals surface area (Å²) in [4.78, 5) is 29.0. The normalized spacial score (nSPS) is 18.2. The number of benzene rings is 1. The van der Waals surface area contributed by atoms with Crippen LogP contribution in [-0.4, -0.2) is 24.5 Å². The Hall–Kier alpha value is -2.73. The summed E-state index contributed by atoms with van der Waals surface area (Å²) >= 11 is 1.74. The van der Waals surface area contributed by atoms with Crippen molar-refractivity contribution in [2.24, 2.45) is 0 Å². The van der Waals surface area contributed by atoms with Gasteiger partial charge in [0, 0.05) is 41.2 Å². The van der Waals surface area contributed by atoms with Crippen LogP contribution in [0.25, 0.3) is 0 Å². The van der Waals surface area contributed by atoms with Crippen molar-refractivity contribution >= 4 is 28.8 Å². The molecule has 2 heterocycles. The number of aryl methyl sites for hydroxylation is 1. The van der Waals surface area contributed by atoms with Crippen molar-refractivity contribution in [1.82, 2.24) is 16.2 Å². The van der Waals surface area contributed by atoms with Gasteiger partial charge in [-0.25, -0.2) is 10.9 Å². The SMILES string of the molecule is Cc1ccc(C2CC(NC(=O)CCC(=O)N(CCC#N)c3ccccc3)NN2)s1. The molecular formula is C21H25N5O2S. The minimum absolute atomic E-state index is 0.0971. The van der Waals surface area contributed by atoms with Gasteiger partial charge in [0.1, 0.15) is 0 Å². The molecule has 0 aliphatic carbocycles. The lowest BCUT2D eigenvalue weighted by atomic mass is 10.1. The fraction of sp³-hybridized carbons (Fsp3) is 0.381. The van der Waals surface area contributed by atoms with Crippen LogP contribution in [-0.2, 0) is 9.59 Å². The van der Waals surface area contributed by atoms with Crippen LogP contribution in [0.3, 0.4) is 0 Å². The van der Waals surface area contributed by atoms with E-state index in [1.807, 2.05) is 30.3 Å². The summed E-state index contributed by atoms with van der Waals surface area (Å²) in [5.41, 5.74) is 7.05. The number of anilines is 1. The predicted molar refractivity (Wildman–Crippen MR) is 113 cm³/mol. The van der Waals surface area contributed by atoms with Crippen LogP contribution in [0, 0.1) is 18.3 Å². The molecule has 3 N–H and O–H groups in total. The van der Waals surface area contributed by atoms with Gasteiger partial charge in [0.15, 0.2) is 0 Å². The molecule has 2 amide bonds. The van der Waals surface area contributed by atoms with E-state index in [0.717, 1.165) is 12.1 Å². The fourth-order valence-corrected chi connectivity index (χ4v) is 4.21. The number of hydrogen-bond donors (Lipinski definition) is 3. The van der Waals surface area contributed by atoms with Gasteiger partial charge < -0.3 is 10.2 Å². The summed E-state index contributed by atoms with van der Waals surface area (Å²) in [5.74, 6) is -0.333. The third kappa shape index (κ3) is 5.87. The molecule has 2 unspecified atom stereocenters. The molecule has 2 aromatic rings. The van der Waals surface area contributed by atoms with Gasteiger partial charge in [-0.1, -0.05) is 18.2 Å². The third-order valence-corrected chi connectivity index (χ3v) is 5.84. The highest BCUT2D eigenvalue weighted by Crippen LogP contribution is 2.27. The van der Waals surface area contributed by atoms with Crippen LogP contribution >= 0.6 is 11.3 Å². The quantitative estimate of drug-likeness (QED) is 0.621. The van der Waals surface area contributed by atoms with Gasteiger partial charge in [-0.3, -0.25) is 9.59 Å². The first-order chi connectivity index (χ1) is 14.1. The van der Waals surface area contributed by atoms with E-state index in [1.165, 1.54) is 9.75 Å². The van der Waals surface area contributed by atoms with Crippen LogP contribution < -0.4 is 21.1 Å². The van der Waals surface area contributed by atoms with Crippen LogP contribution in [0.1, 0.15) is 41.5 Å². The third-order valence-electron chi connectivity index (χ3n) is 4.73. The Balaban J connectivity index is 1.48. The lowest BCUT2D eigenvalue weighted by Gasteiger charge is -2.22. The number of nitrogens with zero attached hydrogens (tertiary/aromatic N) is 2. The van der Waals surface area contributed by atoms with Crippen molar-refractivity contribution in [2.45, 2.75) is 44.8 Å². The number of nitrogens with one attached hydrogen (secondary N) is 3. The molecule has 1 aromatic heterocycles. The van der Waals surface area contributed by atoms with Gasteiger partial charge in [-0.05, 0) is 31.2 Å². The molecule has 1 saturated heterocycles. The second kappa shape index (κ2) is 10.2. The number of carbonyl (C=O) groups excluding carboxylic acids is 2. The topological polar surface area (TPSA) is 97.3 Å². The van der Waals surface area contributed by atoms with Gasteiger partial charge in [0.05, 0.1) is 24.7 Å². The Bertz CT molecular complexity index is 877. The molecule has 152 valence electrons. The van der Waals surface area contributed by atoms with Crippen molar-refractivity contribution in [3.05, 3.63) is 52.2 Å². The first-order valence-corrected chi connectivity index (χ1v) is 10.5. The molecule has 1 fully saturated rings. The van der Waals surface area contributed by atoms with Crippen molar-refractivity contribution in [1.29, 1.82) is 5.26 Å². The van der Waals surface area contributed by atoms with Crippen LogP contribution in [0.2, 0.25) is 0 Å². The first-order valence-electron chi connectivity index (χ1n) is 9.66. The molecule has 7 nitrogen and oxygen atoms in total. The standard InChI is InChI=1S/C21H25N5O2S/c1-15-8-9-18(29-15)17-14-19(25-24-17)23-20(27)10-11-21(28)26(13-5-12-22)16-6-3-2-4-7-16/h2-4,6-9,17,19,24-25H,5,10-11,13-14H2,1H3,(H,23,27). The highest BCUT2D eigenvalue weighted by atomic mass is 32.1. The molecule has 8 heteroatoms. The molecule has 29 heavy (non-hydrogen) atoms. The highest BCUT2D eigenvalue weighted by Gasteiger charge is 2.27. The molecule has 0 spiro atoms. The number of para-hydroxylation sites is 1. The summed E-state index contributed by atoms with van der Waals surface area (Å²) in [5, 5.41) is 11.8. The second-order valence-corrected chi connectivity index (χ2v) is 8.25. The van der Waals surface area contributed by atoms with E-state index in [4.69, 9.17) is 5.26 Å². The van der Waals surface area contributed by atoms with E-state index < -0.39 is 0 Å². The molecular weight excluding hydrogens is 386 g/mol. The van der Waals surface area contributed by atoms with Crippen LogP contribution in [0.15, 0.2) is 42.5 Å². The van der Waals surface area contributed by atoms with Gasteiger partial charge >= 0.3 is 0 Å². The van der Waals surface area contributed by atoms with Crippen molar-refractivity contribution < 1.29 is 9.59 Å². The smallest absolute Gasteiger partial charge is 0.227 e. The van der Waals surface area contributed by atoms with Crippen molar-refractivity contribution in [3.63, 3.8) is 0 Å². The monoisotopic (exact) mass is 411 g/mol. The zero-order chi connectivity index (χ0) is 20.6. The Morgan fingerprint density at radius 3 is 2.69 bits per heavy atom. The maximum atomic E-state index is 12.6. The fourth-order valence-electron chi connectivity index (χ4n) is 3.27. The number of rotatable bonds is 8. The van der Waals surface area contributed by atoms with E-state index in [2.05, 4.69) is 41.3 Å². The van der Waals surface area contributed by atoms with Crippen molar-refractivity contribution in [2.75, 3.05) is 11.4 Å². The van der Waals surface area contributed by atoms with E-state index in [9.17, 15) is 9.59 Å². The number of carbonyl (C=O) groups is 2. The Labute approximate surface area is 174 Å². The van der Waals surface area contributed by atoms with E-state index in [1.54, 1.807) is 16.2 Å². The van der Waals surface area contributed by atoms with Gasteiger partial charge in [-0.2, -0.15) is 5.26 Å². The average Bonchev–Trinajstić information content (AvgIpc) is 3.36. The zero-order valence-electron chi connectivity index (χ0n) is 16.4. The summed E-state index contributed by atoms with van der Waals surface area (Å²) < 4.78 is 0. The van der Waals surface area contributed by atoms with Crippen LogP contribution in [0.4, 0.5) is 5.69 Å². The second-order valence-electron chi connectivity index (χ2n) is 6.93. The zero-order valence-corrected chi connectivity index (χ0v) is 17.2.